The van der Waals surface area contributed by atoms with Crippen LogP contribution in [0.25, 0.3) is 10.9 Å². The molecular weight excluding hydrogens is 428 g/mol. The zero-order valence-electron chi connectivity index (χ0n) is 18.9. The highest BCUT2D eigenvalue weighted by molar-refractivity contribution is 5.90. The van der Waals surface area contributed by atoms with E-state index in [1.54, 1.807) is 6.20 Å². The van der Waals surface area contributed by atoms with Crippen LogP contribution in [0.3, 0.4) is 0 Å². The fourth-order valence-corrected chi connectivity index (χ4v) is 4.59. The molecule has 1 fully saturated rings. The highest BCUT2D eigenvalue weighted by Gasteiger charge is 2.32. The van der Waals surface area contributed by atoms with E-state index in [0.717, 1.165) is 47.4 Å². The summed E-state index contributed by atoms with van der Waals surface area (Å²) < 4.78 is 5.99. The predicted octanol–water partition coefficient (Wildman–Crippen LogP) is 4.09. The maximum Gasteiger partial charge on any atom is 0.325 e. The Labute approximate surface area is 198 Å². The van der Waals surface area contributed by atoms with Gasteiger partial charge in [-0.2, -0.15) is 0 Å². The number of H-pyrrole nitrogens is 1. The first-order chi connectivity index (χ1) is 16.7. The van der Waals surface area contributed by atoms with Crippen LogP contribution in [-0.4, -0.2) is 57.0 Å². The molecule has 0 saturated carbocycles. The summed E-state index contributed by atoms with van der Waals surface area (Å²) in [5, 5.41) is 11.1. The Balaban J connectivity index is 1.31. The first-order valence-corrected chi connectivity index (χ1v) is 11.5. The average molecular weight is 457 g/mol. The Morgan fingerprint density at radius 1 is 1.03 bits per heavy atom. The number of pyridine rings is 1. The zero-order valence-corrected chi connectivity index (χ0v) is 18.9. The summed E-state index contributed by atoms with van der Waals surface area (Å²) in [6, 6.07) is 19.1. The van der Waals surface area contributed by atoms with Crippen LogP contribution < -0.4 is 4.74 Å². The summed E-state index contributed by atoms with van der Waals surface area (Å²) in [4.78, 5) is 24.2. The van der Waals surface area contributed by atoms with E-state index in [1.807, 2.05) is 67.0 Å². The van der Waals surface area contributed by atoms with Crippen LogP contribution in [0.4, 0.5) is 0 Å². The number of hydrogen-bond acceptors (Lipinski definition) is 5. The van der Waals surface area contributed by atoms with Crippen molar-refractivity contribution in [3.05, 3.63) is 95.9 Å². The van der Waals surface area contributed by atoms with Crippen LogP contribution >= 0.6 is 0 Å². The van der Waals surface area contributed by atoms with Crippen molar-refractivity contribution >= 4 is 16.9 Å². The highest BCUT2D eigenvalue weighted by atomic mass is 16.5. The Morgan fingerprint density at radius 3 is 2.56 bits per heavy atom. The number of piperazine rings is 1. The van der Waals surface area contributed by atoms with Crippen LogP contribution in [0.1, 0.15) is 22.7 Å². The van der Waals surface area contributed by atoms with E-state index < -0.39 is 12.0 Å². The number of carboxylic acids is 1. The first kappa shape index (κ1) is 22.1. The van der Waals surface area contributed by atoms with E-state index in [4.69, 9.17) is 4.74 Å². The number of fused-ring (bicyclic) bond motifs is 1. The number of ether oxygens (including phenoxy) is 1. The van der Waals surface area contributed by atoms with Crippen LogP contribution in [0, 0.1) is 0 Å². The van der Waals surface area contributed by atoms with Gasteiger partial charge in [0.2, 0.25) is 0 Å². The molecule has 0 amide bonds. The minimum Gasteiger partial charge on any atom is -0.489 e. The van der Waals surface area contributed by atoms with Crippen molar-refractivity contribution in [1.82, 2.24) is 19.8 Å². The predicted molar refractivity (Wildman–Crippen MR) is 131 cm³/mol. The fourth-order valence-electron chi connectivity index (χ4n) is 4.59. The van der Waals surface area contributed by atoms with Crippen LogP contribution in [-0.2, 0) is 17.9 Å². The van der Waals surface area contributed by atoms with Crippen LogP contribution in [0.15, 0.2) is 79.3 Å². The zero-order chi connectivity index (χ0) is 23.3. The second-order valence-corrected chi connectivity index (χ2v) is 8.64. The molecule has 2 aromatic carbocycles. The summed E-state index contributed by atoms with van der Waals surface area (Å²) in [5.74, 6) is -0.111. The number of nitrogens with zero attached hydrogens (tertiary/aromatic N) is 3. The summed E-state index contributed by atoms with van der Waals surface area (Å²) >= 11 is 0. The Bertz CT molecular complexity index is 1230. The van der Waals surface area contributed by atoms with Gasteiger partial charge in [-0.3, -0.25) is 19.6 Å². The average Bonchev–Trinajstić information content (AvgIpc) is 3.28. The van der Waals surface area contributed by atoms with Gasteiger partial charge in [0.1, 0.15) is 18.4 Å². The van der Waals surface area contributed by atoms with Gasteiger partial charge in [-0.25, -0.2) is 0 Å². The molecule has 1 saturated heterocycles. The number of aromatic amines is 1. The summed E-state index contributed by atoms with van der Waals surface area (Å²) in [6.07, 6.45) is 5.49. The summed E-state index contributed by atoms with van der Waals surface area (Å²) in [6.45, 7) is 4.29. The van der Waals surface area contributed by atoms with Crippen molar-refractivity contribution in [2.75, 3.05) is 26.2 Å². The molecular formula is C27H28N4O3. The molecule has 0 bridgehead atoms. The maximum absolute atomic E-state index is 12.4. The SMILES string of the molecule is O=C(O)[C@H](c1c[nH]c2ccc(OCc3ccccc3)cc12)N1CCN(Cc2cccnc2)CC1. The molecule has 2 aromatic heterocycles. The number of nitrogens with one attached hydrogen (secondary N) is 1. The van der Waals surface area contributed by atoms with Crippen molar-refractivity contribution in [2.24, 2.45) is 0 Å². The number of benzene rings is 2. The summed E-state index contributed by atoms with van der Waals surface area (Å²) in [7, 11) is 0. The quantitative estimate of drug-likeness (QED) is 0.416. The Morgan fingerprint density at radius 2 is 1.82 bits per heavy atom. The molecule has 5 rings (SSSR count). The van der Waals surface area contributed by atoms with E-state index >= 15 is 0 Å². The normalized spacial score (nSPS) is 15.9. The lowest BCUT2D eigenvalue weighted by atomic mass is 10.0. The number of carboxylic acid groups (broad SMARTS) is 1. The first-order valence-electron chi connectivity index (χ1n) is 11.5. The van der Waals surface area contributed by atoms with Gasteiger partial charge in [0.25, 0.3) is 0 Å². The third-order valence-corrected chi connectivity index (χ3v) is 6.36. The summed E-state index contributed by atoms with van der Waals surface area (Å²) in [5.41, 5.74) is 3.94. The van der Waals surface area contributed by atoms with E-state index in [-0.39, 0.29) is 0 Å². The number of aliphatic carboxylic acids is 1. The molecule has 0 radical (unpaired) electrons. The van der Waals surface area contributed by atoms with Crippen molar-refractivity contribution in [1.29, 1.82) is 0 Å². The van der Waals surface area contributed by atoms with E-state index in [1.165, 1.54) is 5.56 Å². The van der Waals surface area contributed by atoms with Gasteiger partial charge in [-0.1, -0.05) is 36.4 Å². The number of rotatable bonds is 8. The maximum atomic E-state index is 12.4. The monoisotopic (exact) mass is 456 g/mol. The molecule has 4 aromatic rings. The lowest BCUT2D eigenvalue weighted by Gasteiger charge is -2.37. The molecule has 1 atom stereocenters. The van der Waals surface area contributed by atoms with Gasteiger partial charge in [0, 0.05) is 67.8 Å². The van der Waals surface area contributed by atoms with Gasteiger partial charge in [0.15, 0.2) is 0 Å². The molecule has 0 aliphatic carbocycles. The van der Waals surface area contributed by atoms with Crippen molar-refractivity contribution in [2.45, 2.75) is 19.2 Å². The minimum atomic E-state index is -0.836. The molecule has 1 aliphatic heterocycles. The van der Waals surface area contributed by atoms with Crippen molar-refractivity contribution < 1.29 is 14.6 Å². The topological polar surface area (TPSA) is 81.7 Å². The van der Waals surface area contributed by atoms with Gasteiger partial charge in [-0.05, 0) is 35.4 Å². The molecule has 0 spiro atoms. The molecule has 2 N–H and O–H groups in total. The second kappa shape index (κ2) is 10.1. The molecule has 7 heteroatoms. The van der Waals surface area contributed by atoms with Gasteiger partial charge in [-0.15, -0.1) is 0 Å². The smallest absolute Gasteiger partial charge is 0.325 e. The van der Waals surface area contributed by atoms with Crippen molar-refractivity contribution in [3.63, 3.8) is 0 Å². The van der Waals surface area contributed by atoms with E-state index in [9.17, 15) is 9.90 Å². The fraction of sp³-hybridized carbons (Fsp3) is 0.259. The Kier molecular flexibility index (Phi) is 6.56. The molecule has 1 aliphatic rings. The number of aromatic nitrogens is 2. The molecule has 3 heterocycles. The van der Waals surface area contributed by atoms with Crippen molar-refractivity contribution in [3.8, 4) is 5.75 Å². The lowest BCUT2D eigenvalue weighted by Crippen LogP contribution is -2.48. The van der Waals surface area contributed by atoms with Gasteiger partial charge in [0.05, 0.1) is 0 Å². The standard InChI is InChI=1S/C27H28N4O3/c32-27(33)26(31-13-11-30(12-14-31)18-21-7-4-10-28-16-21)24-17-29-25-9-8-22(15-23(24)25)34-19-20-5-2-1-3-6-20/h1-10,15-17,26,29H,11-14,18-19H2,(H,32,33)/t26-/m0/s1. The third-order valence-electron chi connectivity index (χ3n) is 6.36. The van der Waals surface area contributed by atoms with Gasteiger partial charge >= 0.3 is 5.97 Å². The van der Waals surface area contributed by atoms with E-state index in [0.29, 0.717) is 19.7 Å². The number of hydrogen-bond donors (Lipinski definition) is 2. The van der Waals surface area contributed by atoms with Crippen LogP contribution in [0.5, 0.6) is 5.75 Å². The second-order valence-electron chi connectivity index (χ2n) is 8.64. The third kappa shape index (κ3) is 4.95. The molecule has 0 unspecified atom stereocenters. The largest absolute Gasteiger partial charge is 0.489 e. The van der Waals surface area contributed by atoms with Crippen LogP contribution in [0.2, 0.25) is 0 Å². The minimum absolute atomic E-state index is 0.466. The molecule has 7 nitrogen and oxygen atoms in total. The van der Waals surface area contributed by atoms with E-state index in [2.05, 4.69) is 25.8 Å². The lowest BCUT2D eigenvalue weighted by molar-refractivity contribution is -0.144. The molecule has 34 heavy (non-hydrogen) atoms. The van der Waals surface area contributed by atoms with Gasteiger partial charge < -0.3 is 14.8 Å². The molecule has 174 valence electrons. The Hall–Kier alpha value is -3.68. The number of carbonyl (C=O) groups is 1. The highest BCUT2D eigenvalue weighted by Crippen LogP contribution is 2.32.